The van der Waals surface area contributed by atoms with Crippen molar-refractivity contribution in [3.8, 4) is 5.75 Å². The molecule has 0 fully saturated rings. The van der Waals surface area contributed by atoms with Crippen LogP contribution in [0, 0.1) is 6.92 Å². The summed E-state index contributed by atoms with van der Waals surface area (Å²) in [4.78, 5) is 0.255. The van der Waals surface area contributed by atoms with Gasteiger partial charge in [-0.05, 0) is 42.8 Å². The van der Waals surface area contributed by atoms with Crippen molar-refractivity contribution >= 4 is 27.1 Å². The summed E-state index contributed by atoms with van der Waals surface area (Å²) >= 11 is 5.90. The molecule has 0 bridgehead atoms. The SMILES string of the molecule is Cc1ccc(S(C)(=O)=O)cc1NCc1cc(Cl)ccc1O. The molecule has 112 valence electrons. The second kappa shape index (κ2) is 5.95. The number of halogens is 1. The first-order valence-corrected chi connectivity index (χ1v) is 8.56. The Labute approximate surface area is 129 Å². The molecule has 0 saturated heterocycles. The molecule has 21 heavy (non-hydrogen) atoms. The molecule has 0 aliphatic rings. The number of aromatic hydroxyl groups is 1. The lowest BCUT2D eigenvalue weighted by atomic mass is 10.1. The molecule has 6 heteroatoms. The number of anilines is 1. The first-order valence-electron chi connectivity index (χ1n) is 6.29. The van der Waals surface area contributed by atoms with Crippen LogP contribution in [0.25, 0.3) is 0 Å². The van der Waals surface area contributed by atoms with Crippen LogP contribution in [0.2, 0.25) is 5.02 Å². The Bertz CT molecular complexity index is 772. The second-order valence-electron chi connectivity index (χ2n) is 4.88. The largest absolute Gasteiger partial charge is 0.508 e. The Kier molecular flexibility index (Phi) is 4.44. The molecular formula is C15H16ClNO3S. The Hall–Kier alpha value is -1.72. The van der Waals surface area contributed by atoms with Crippen molar-refractivity contribution < 1.29 is 13.5 Å². The van der Waals surface area contributed by atoms with E-state index in [0.29, 0.717) is 22.8 Å². The van der Waals surface area contributed by atoms with Crippen LogP contribution < -0.4 is 5.32 Å². The monoisotopic (exact) mass is 325 g/mol. The summed E-state index contributed by atoms with van der Waals surface area (Å²) in [5.41, 5.74) is 2.27. The van der Waals surface area contributed by atoms with Gasteiger partial charge in [0.2, 0.25) is 0 Å². The molecule has 2 rings (SSSR count). The average Bonchev–Trinajstić information content (AvgIpc) is 2.40. The van der Waals surface area contributed by atoms with E-state index in [4.69, 9.17) is 11.6 Å². The van der Waals surface area contributed by atoms with Gasteiger partial charge in [0, 0.05) is 29.1 Å². The van der Waals surface area contributed by atoms with Crippen LogP contribution >= 0.6 is 11.6 Å². The van der Waals surface area contributed by atoms with Crippen LogP contribution in [0.3, 0.4) is 0 Å². The number of phenols is 1. The maximum Gasteiger partial charge on any atom is 0.175 e. The van der Waals surface area contributed by atoms with Gasteiger partial charge in [0.25, 0.3) is 0 Å². The quantitative estimate of drug-likeness (QED) is 0.904. The van der Waals surface area contributed by atoms with E-state index in [1.54, 1.807) is 30.3 Å². The highest BCUT2D eigenvalue weighted by Gasteiger charge is 2.10. The van der Waals surface area contributed by atoms with Crippen LogP contribution in [0.1, 0.15) is 11.1 Å². The van der Waals surface area contributed by atoms with Crippen molar-refractivity contribution in [2.75, 3.05) is 11.6 Å². The number of benzene rings is 2. The van der Waals surface area contributed by atoms with Gasteiger partial charge < -0.3 is 10.4 Å². The summed E-state index contributed by atoms with van der Waals surface area (Å²) in [6.45, 7) is 2.23. The van der Waals surface area contributed by atoms with E-state index in [1.165, 1.54) is 12.3 Å². The molecule has 0 unspecified atom stereocenters. The topological polar surface area (TPSA) is 66.4 Å². The highest BCUT2D eigenvalue weighted by atomic mass is 35.5. The number of hydrogen-bond acceptors (Lipinski definition) is 4. The first kappa shape index (κ1) is 15.7. The van der Waals surface area contributed by atoms with Crippen LogP contribution in [0.4, 0.5) is 5.69 Å². The predicted molar refractivity (Wildman–Crippen MR) is 84.7 cm³/mol. The van der Waals surface area contributed by atoms with Gasteiger partial charge in [-0.3, -0.25) is 0 Å². The minimum Gasteiger partial charge on any atom is -0.508 e. The maximum atomic E-state index is 11.6. The van der Waals surface area contributed by atoms with Crippen molar-refractivity contribution in [2.24, 2.45) is 0 Å². The average molecular weight is 326 g/mol. The lowest BCUT2D eigenvalue weighted by Gasteiger charge is -2.12. The molecule has 4 nitrogen and oxygen atoms in total. The molecule has 2 aromatic rings. The van der Waals surface area contributed by atoms with Crippen LogP contribution in [0.15, 0.2) is 41.3 Å². The maximum absolute atomic E-state index is 11.6. The summed E-state index contributed by atoms with van der Waals surface area (Å²) in [5, 5.41) is 13.4. The van der Waals surface area contributed by atoms with Crippen molar-refractivity contribution in [1.29, 1.82) is 0 Å². The molecule has 0 radical (unpaired) electrons. The number of aryl methyl sites for hydroxylation is 1. The molecule has 0 atom stereocenters. The summed E-state index contributed by atoms with van der Waals surface area (Å²) in [5.74, 6) is 0.142. The molecular weight excluding hydrogens is 310 g/mol. The fourth-order valence-electron chi connectivity index (χ4n) is 1.91. The summed E-state index contributed by atoms with van der Waals surface area (Å²) in [6.07, 6.45) is 1.17. The van der Waals surface area contributed by atoms with Gasteiger partial charge >= 0.3 is 0 Å². The number of phenolic OH excluding ortho intramolecular Hbond substituents is 1. The minimum atomic E-state index is -3.25. The third kappa shape index (κ3) is 3.89. The van der Waals surface area contributed by atoms with Crippen molar-refractivity contribution in [3.63, 3.8) is 0 Å². The van der Waals surface area contributed by atoms with Crippen LogP contribution in [-0.4, -0.2) is 19.8 Å². The van der Waals surface area contributed by atoms with Gasteiger partial charge in [-0.25, -0.2) is 8.42 Å². The molecule has 0 aliphatic heterocycles. The van der Waals surface area contributed by atoms with Crippen LogP contribution in [-0.2, 0) is 16.4 Å². The standard InChI is InChI=1S/C15H16ClNO3S/c1-10-3-5-13(21(2,19)20)8-14(10)17-9-11-7-12(16)4-6-15(11)18/h3-8,17-18H,9H2,1-2H3. The fourth-order valence-corrected chi connectivity index (χ4v) is 2.75. The predicted octanol–water partition coefficient (Wildman–Crippen LogP) is 3.37. The Morgan fingerprint density at radius 1 is 1.19 bits per heavy atom. The molecule has 2 aromatic carbocycles. The third-order valence-electron chi connectivity index (χ3n) is 3.15. The number of hydrogen-bond donors (Lipinski definition) is 2. The smallest absolute Gasteiger partial charge is 0.175 e. The zero-order valence-electron chi connectivity index (χ0n) is 11.7. The number of nitrogens with one attached hydrogen (secondary N) is 1. The van der Waals surface area contributed by atoms with E-state index in [9.17, 15) is 13.5 Å². The lowest BCUT2D eigenvalue weighted by molar-refractivity contribution is 0.469. The molecule has 0 aliphatic carbocycles. The van der Waals surface area contributed by atoms with E-state index >= 15 is 0 Å². The van der Waals surface area contributed by atoms with Crippen molar-refractivity contribution in [2.45, 2.75) is 18.4 Å². The Balaban J connectivity index is 2.26. The zero-order valence-corrected chi connectivity index (χ0v) is 13.3. The zero-order chi connectivity index (χ0) is 15.6. The van der Waals surface area contributed by atoms with Gasteiger partial charge in [-0.1, -0.05) is 17.7 Å². The van der Waals surface area contributed by atoms with Gasteiger partial charge in [0.15, 0.2) is 9.84 Å². The van der Waals surface area contributed by atoms with E-state index in [2.05, 4.69) is 5.32 Å². The number of rotatable bonds is 4. The summed E-state index contributed by atoms with van der Waals surface area (Å²) < 4.78 is 23.2. The van der Waals surface area contributed by atoms with E-state index in [1.807, 2.05) is 6.92 Å². The second-order valence-corrected chi connectivity index (χ2v) is 7.33. The normalized spacial score (nSPS) is 11.4. The highest BCUT2D eigenvalue weighted by Crippen LogP contribution is 2.25. The van der Waals surface area contributed by atoms with Crippen molar-refractivity contribution in [1.82, 2.24) is 0 Å². The molecule has 0 aromatic heterocycles. The molecule has 0 amide bonds. The molecule has 0 saturated carbocycles. The van der Waals surface area contributed by atoms with Gasteiger partial charge in [-0.15, -0.1) is 0 Å². The third-order valence-corrected chi connectivity index (χ3v) is 4.49. The van der Waals surface area contributed by atoms with Crippen LogP contribution in [0.5, 0.6) is 5.75 Å². The van der Waals surface area contributed by atoms with E-state index < -0.39 is 9.84 Å². The van der Waals surface area contributed by atoms with E-state index in [-0.39, 0.29) is 10.6 Å². The minimum absolute atomic E-state index is 0.142. The van der Waals surface area contributed by atoms with Gasteiger partial charge in [0.05, 0.1) is 4.90 Å². The Morgan fingerprint density at radius 2 is 1.90 bits per heavy atom. The summed E-state index contributed by atoms with van der Waals surface area (Å²) in [7, 11) is -3.25. The first-order chi connectivity index (χ1) is 9.77. The molecule has 0 spiro atoms. The fraction of sp³-hybridized carbons (Fsp3) is 0.200. The molecule has 2 N–H and O–H groups in total. The lowest BCUT2D eigenvalue weighted by Crippen LogP contribution is -2.04. The van der Waals surface area contributed by atoms with Gasteiger partial charge in [0.1, 0.15) is 5.75 Å². The Morgan fingerprint density at radius 3 is 2.57 bits per heavy atom. The molecule has 0 heterocycles. The highest BCUT2D eigenvalue weighted by molar-refractivity contribution is 7.90. The van der Waals surface area contributed by atoms with E-state index in [0.717, 1.165) is 5.56 Å². The van der Waals surface area contributed by atoms with Crippen molar-refractivity contribution in [3.05, 3.63) is 52.5 Å². The summed E-state index contributed by atoms with van der Waals surface area (Å²) in [6, 6.07) is 9.71. The van der Waals surface area contributed by atoms with Gasteiger partial charge in [-0.2, -0.15) is 0 Å². The number of sulfone groups is 1.